The summed E-state index contributed by atoms with van der Waals surface area (Å²) in [6.45, 7) is 6.08. The van der Waals surface area contributed by atoms with Gasteiger partial charge < -0.3 is 33.5 Å². The van der Waals surface area contributed by atoms with Gasteiger partial charge in [0, 0.05) is 7.11 Å². The molecule has 2 rings (SSSR count). The van der Waals surface area contributed by atoms with E-state index in [4.69, 9.17) is 28.8 Å². The number of methoxy groups -OCH3 is 1. The number of rotatable bonds is 2. The third-order valence-corrected chi connectivity index (χ3v) is 3.17. The van der Waals surface area contributed by atoms with Crippen LogP contribution in [0.1, 0.15) is 12.5 Å². The van der Waals surface area contributed by atoms with E-state index in [1.807, 2.05) is 37.3 Å². The predicted molar refractivity (Wildman–Crippen MR) is 98.7 cm³/mol. The third-order valence-electron chi connectivity index (χ3n) is 3.17. The van der Waals surface area contributed by atoms with Crippen LogP contribution in [0, 0.1) is 0 Å². The molecular weight excluding hydrogens is 340 g/mol. The molecule has 0 aliphatic carbocycles. The van der Waals surface area contributed by atoms with Gasteiger partial charge in [-0.15, -0.1) is 0 Å². The molecule has 1 N–H and O–H groups in total. The van der Waals surface area contributed by atoms with E-state index < -0.39 is 0 Å². The fourth-order valence-corrected chi connectivity index (χ4v) is 2.02. The Kier molecular flexibility index (Phi) is 13.4. The zero-order chi connectivity index (χ0) is 18.9. The van der Waals surface area contributed by atoms with Crippen LogP contribution >= 0.6 is 0 Å². The van der Waals surface area contributed by atoms with Gasteiger partial charge in [-0.2, -0.15) is 0 Å². The Balaban J connectivity index is 0.000000765. The molecule has 0 saturated heterocycles. The van der Waals surface area contributed by atoms with Crippen LogP contribution in [0.5, 0.6) is 11.5 Å². The zero-order valence-electron chi connectivity index (χ0n) is 15.6. The number of allylic oxidation sites excluding steroid dienone is 1. The maximum absolute atomic E-state index is 7.65. The Labute approximate surface area is 155 Å². The predicted octanol–water partition coefficient (Wildman–Crippen LogP) is 2.12. The molecule has 1 heterocycles. The van der Waals surface area contributed by atoms with E-state index in [1.54, 1.807) is 0 Å². The highest BCUT2D eigenvalue weighted by molar-refractivity contribution is 5.55. The summed E-state index contributed by atoms with van der Waals surface area (Å²) in [6.07, 6.45) is 4.02. The molecule has 148 valence electrons. The van der Waals surface area contributed by atoms with Crippen LogP contribution in [0.4, 0.5) is 0 Å². The molecule has 0 unspecified atom stereocenters. The van der Waals surface area contributed by atoms with Gasteiger partial charge in [0.05, 0.1) is 39.6 Å². The summed E-state index contributed by atoms with van der Waals surface area (Å²) in [5, 5.41) is 7.65. The molecule has 0 spiro atoms. The van der Waals surface area contributed by atoms with Crippen molar-refractivity contribution in [2.24, 2.45) is 0 Å². The summed E-state index contributed by atoms with van der Waals surface area (Å²) in [5.74, 6) is 1.45. The second-order valence-electron chi connectivity index (χ2n) is 5.16. The summed E-state index contributed by atoms with van der Waals surface area (Å²) in [7, 11) is 1.43. The number of ether oxygens (including phenoxy) is 6. The van der Waals surface area contributed by atoms with E-state index in [2.05, 4.69) is 4.74 Å². The largest absolute Gasteiger partial charge is 0.487 e. The Morgan fingerprint density at radius 2 is 1.38 bits per heavy atom. The maximum Gasteiger partial charge on any atom is 0.161 e. The summed E-state index contributed by atoms with van der Waals surface area (Å²) in [4.78, 5) is 0. The molecule has 26 heavy (non-hydrogen) atoms. The highest BCUT2D eigenvalue weighted by Gasteiger charge is 2.07. The quantitative estimate of drug-likeness (QED) is 0.799. The molecule has 0 saturated carbocycles. The maximum atomic E-state index is 7.65. The molecule has 1 aliphatic rings. The standard InChI is InChI=1S/C17H24O5.C2H6O2/c1-2-3-15-4-5-16-17(14-15)22-13-11-20-9-7-18-6-8-19-10-12-21-16;1-4-2-3/h2-5,14H,6-13H2,1H3;3H,2H2,1H3/b3-2+;. The van der Waals surface area contributed by atoms with Crippen LogP contribution in [0.2, 0.25) is 0 Å². The van der Waals surface area contributed by atoms with Gasteiger partial charge in [-0.3, -0.25) is 0 Å². The minimum absolute atomic E-state index is 0.181. The van der Waals surface area contributed by atoms with Gasteiger partial charge in [0.2, 0.25) is 0 Å². The van der Waals surface area contributed by atoms with Crippen molar-refractivity contribution in [3.63, 3.8) is 0 Å². The van der Waals surface area contributed by atoms with E-state index in [-0.39, 0.29) is 6.79 Å². The average molecular weight is 370 g/mol. The molecule has 0 radical (unpaired) electrons. The van der Waals surface area contributed by atoms with Crippen molar-refractivity contribution in [1.82, 2.24) is 0 Å². The van der Waals surface area contributed by atoms with E-state index in [0.29, 0.717) is 52.9 Å². The lowest BCUT2D eigenvalue weighted by molar-refractivity contribution is 0.00708. The lowest BCUT2D eigenvalue weighted by Crippen LogP contribution is -2.13. The van der Waals surface area contributed by atoms with Crippen molar-refractivity contribution in [2.75, 3.05) is 66.8 Å². The van der Waals surface area contributed by atoms with E-state index in [0.717, 1.165) is 17.1 Å². The molecule has 1 aromatic carbocycles. The minimum Gasteiger partial charge on any atom is -0.487 e. The van der Waals surface area contributed by atoms with Crippen LogP contribution in [0.25, 0.3) is 6.08 Å². The topological polar surface area (TPSA) is 75.6 Å². The Morgan fingerprint density at radius 3 is 1.88 bits per heavy atom. The number of hydrogen-bond acceptors (Lipinski definition) is 7. The summed E-state index contributed by atoms with van der Waals surface area (Å²) in [5.41, 5.74) is 1.08. The molecule has 7 nitrogen and oxygen atoms in total. The Bertz CT molecular complexity index is 489. The average Bonchev–Trinajstić information content (AvgIpc) is 2.67. The number of hydrogen-bond donors (Lipinski definition) is 1. The Morgan fingerprint density at radius 1 is 0.885 bits per heavy atom. The first-order chi connectivity index (χ1) is 12.8. The van der Waals surface area contributed by atoms with Gasteiger partial charge in [-0.1, -0.05) is 18.2 Å². The van der Waals surface area contributed by atoms with E-state index >= 15 is 0 Å². The molecule has 0 atom stereocenters. The van der Waals surface area contributed by atoms with Crippen molar-refractivity contribution in [3.05, 3.63) is 29.8 Å². The van der Waals surface area contributed by atoms with E-state index in [1.165, 1.54) is 7.11 Å². The molecule has 0 aromatic heterocycles. The second-order valence-corrected chi connectivity index (χ2v) is 5.16. The lowest BCUT2D eigenvalue weighted by Gasteiger charge is -2.13. The Hall–Kier alpha value is -1.64. The van der Waals surface area contributed by atoms with Crippen molar-refractivity contribution in [3.8, 4) is 11.5 Å². The first-order valence-electron chi connectivity index (χ1n) is 8.67. The van der Waals surface area contributed by atoms with Crippen LogP contribution in [0.3, 0.4) is 0 Å². The summed E-state index contributed by atoms with van der Waals surface area (Å²) in [6, 6.07) is 5.89. The smallest absolute Gasteiger partial charge is 0.161 e. The van der Waals surface area contributed by atoms with Crippen LogP contribution < -0.4 is 9.47 Å². The summed E-state index contributed by atoms with van der Waals surface area (Å²) < 4.78 is 31.9. The van der Waals surface area contributed by atoms with Crippen molar-refractivity contribution in [1.29, 1.82) is 0 Å². The molecule has 0 amide bonds. The van der Waals surface area contributed by atoms with Gasteiger partial charge in [-0.05, 0) is 24.6 Å². The monoisotopic (exact) mass is 370 g/mol. The minimum atomic E-state index is -0.181. The van der Waals surface area contributed by atoms with Gasteiger partial charge in [0.15, 0.2) is 11.5 Å². The fourth-order valence-electron chi connectivity index (χ4n) is 2.02. The number of benzene rings is 1. The van der Waals surface area contributed by atoms with Gasteiger partial charge in [0.1, 0.15) is 20.0 Å². The van der Waals surface area contributed by atoms with Gasteiger partial charge in [-0.25, -0.2) is 0 Å². The van der Waals surface area contributed by atoms with Crippen LogP contribution in [-0.4, -0.2) is 71.9 Å². The third kappa shape index (κ3) is 10.4. The molecule has 1 aromatic rings. The van der Waals surface area contributed by atoms with Crippen LogP contribution in [-0.2, 0) is 18.9 Å². The van der Waals surface area contributed by atoms with Crippen molar-refractivity contribution < 1.29 is 33.5 Å². The molecule has 0 bridgehead atoms. The number of fused-ring (bicyclic) bond motifs is 1. The normalized spacial score (nSPS) is 16.9. The lowest BCUT2D eigenvalue weighted by atomic mass is 10.2. The first-order valence-corrected chi connectivity index (χ1v) is 8.67. The van der Waals surface area contributed by atoms with Crippen molar-refractivity contribution >= 4 is 6.08 Å². The second kappa shape index (κ2) is 15.6. The highest BCUT2D eigenvalue weighted by Crippen LogP contribution is 2.29. The van der Waals surface area contributed by atoms with Gasteiger partial charge >= 0.3 is 0 Å². The SMILES string of the molecule is C/C=C/c1ccc2c(c1)OCCOCCOCCOCCO2.COCO. The molecular formula is C19H30O7. The highest BCUT2D eigenvalue weighted by atomic mass is 16.6. The molecule has 7 heteroatoms. The van der Waals surface area contributed by atoms with Gasteiger partial charge in [0.25, 0.3) is 0 Å². The number of aliphatic hydroxyl groups is 1. The zero-order valence-corrected chi connectivity index (χ0v) is 15.6. The number of aliphatic hydroxyl groups excluding tert-OH is 1. The van der Waals surface area contributed by atoms with E-state index in [9.17, 15) is 0 Å². The van der Waals surface area contributed by atoms with Crippen molar-refractivity contribution in [2.45, 2.75) is 6.92 Å². The summed E-state index contributed by atoms with van der Waals surface area (Å²) >= 11 is 0. The van der Waals surface area contributed by atoms with Crippen LogP contribution in [0.15, 0.2) is 24.3 Å². The fraction of sp³-hybridized carbons (Fsp3) is 0.579. The first kappa shape index (κ1) is 22.4. The molecule has 0 fully saturated rings. The molecule has 1 aliphatic heterocycles.